The zero-order valence-electron chi connectivity index (χ0n) is 10.9. The third-order valence-electron chi connectivity index (χ3n) is 3.13. The van der Waals surface area contributed by atoms with E-state index in [-0.39, 0.29) is 12.1 Å². The van der Waals surface area contributed by atoms with Crippen LogP contribution in [0.3, 0.4) is 0 Å². The molecule has 0 amide bonds. The molecule has 1 heterocycles. The van der Waals surface area contributed by atoms with Gasteiger partial charge in [0.15, 0.2) is 11.6 Å². The summed E-state index contributed by atoms with van der Waals surface area (Å²) in [4.78, 5) is 4.04. The Hall–Kier alpha value is -1.81. The van der Waals surface area contributed by atoms with E-state index in [4.69, 9.17) is 0 Å². The van der Waals surface area contributed by atoms with Gasteiger partial charge in [-0.15, -0.1) is 0 Å². The van der Waals surface area contributed by atoms with Gasteiger partial charge >= 0.3 is 0 Å². The Morgan fingerprint density at radius 1 is 1.05 bits per heavy atom. The number of rotatable bonds is 4. The number of hydrogen-bond donors (Lipinski definition) is 1. The van der Waals surface area contributed by atoms with E-state index in [2.05, 4.69) is 10.3 Å². The highest BCUT2D eigenvalue weighted by atomic mass is 19.2. The van der Waals surface area contributed by atoms with E-state index < -0.39 is 11.6 Å². The zero-order chi connectivity index (χ0) is 13.8. The van der Waals surface area contributed by atoms with Crippen molar-refractivity contribution >= 4 is 0 Å². The lowest BCUT2D eigenvalue weighted by Crippen LogP contribution is -2.23. The molecule has 0 saturated carbocycles. The van der Waals surface area contributed by atoms with Gasteiger partial charge in [-0.3, -0.25) is 4.98 Å². The Balaban J connectivity index is 2.13. The molecular weight excluding hydrogens is 246 g/mol. The lowest BCUT2D eigenvalue weighted by atomic mass is 10.0. The molecule has 19 heavy (non-hydrogen) atoms. The van der Waals surface area contributed by atoms with Crippen molar-refractivity contribution in [3.8, 4) is 0 Å². The molecular formula is C15H16F2N2. The van der Waals surface area contributed by atoms with Crippen LogP contribution in [-0.2, 0) is 0 Å². The number of aromatic nitrogens is 1. The number of benzene rings is 1. The van der Waals surface area contributed by atoms with Crippen molar-refractivity contribution in [3.05, 3.63) is 65.5 Å². The molecule has 0 aliphatic rings. The maximum Gasteiger partial charge on any atom is 0.163 e. The highest BCUT2D eigenvalue weighted by Gasteiger charge is 2.16. The average molecular weight is 262 g/mol. The summed E-state index contributed by atoms with van der Waals surface area (Å²) in [6, 6.07) is 7.74. The lowest BCUT2D eigenvalue weighted by molar-refractivity contribution is 0.448. The van der Waals surface area contributed by atoms with Gasteiger partial charge in [0.25, 0.3) is 0 Å². The molecule has 1 N–H and O–H groups in total. The minimum Gasteiger partial charge on any atom is -0.303 e. The van der Waals surface area contributed by atoms with E-state index in [0.29, 0.717) is 5.56 Å². The van der Waals surface area contributed by atoms with Gasteiger partial charge in [-0.1, -0.05) is 18.2 Å². The van der Waals surface area contributed by atoms with Crippen molar-refractivity contribution < 1.29 is 8.78 Å². The number of hydrogen-bond acceptors (Lipinski definition) is 2. The van der Waals surface area contributed by atoms with Crippen LogP contribution in [0.2, 0.25) is 0 Å². The summed E-state index contributed by atoms with van der Waals surface area (Å²) in [7, 11) is 0. The van der Waals surface area contributed by atoms with Crippen LogP contribution in [0.25, 0.3) is 0 Å². The molecule has 1 aromatic heterocycles. The fraction of sp³-hybridized carbons (Fsp3) is 0.267. The topological polar surface area (TPSA) is 24.9 Å². The second-order valence-electron chi connectivity index (χ2n) is 4.54. The third-order valence-corrected chi connectivity index (χ3v) is 3.13. The molecule has 2 nitrogen and oxygen atoms in total. The van der Waals surface area contributed by atoms with Gasteiger partial charge in [-0.05, 0) is 31.5 Å². The van der Waals surface area contributed by atoms with E-state index >= 15 is 0 Å². The maximum atomic E-state index is 13.7. The first-order valence-corrected chi connectivity index (χ1v) is 6.19. The van der Waals surface area contributed by atoms with Gasteiger partial charge in [0.1, 0.15) is 0 Å². The molecule has 2 aromatic rings. The Bertz CT molecular complexity index is 543. The van der Waals surface area contributed by atoms with Crippen LogP contribution in [-0.4, -0.2) is 4.98 Å². The zero-order valence-corrected chi connectivity index (χ0v) is 10.9. The monoisotopic (exact) mass is 262 g/mol. The van der Waals surface area contributed by atoms with E-state index in [1.165, 1.54) is 6.07 Å². The van der Waals surface area contributed by atoms with Gasteiger partial charge in [-0.2, -0.15) is 0 Å². The molecule has 0 radical (unpaired) electrons. The predicted octanol–water partition coefficient (Wildman–Crippen LogP) is 3.77. The Kier molecular flexibility index (Phi) is 4.22. The predicted molar refractivity (Wildman–Crippen MR) is 70.6 cm³/mol. The first-order chi connectivity index (χ1) is 9.09. The quantitative estimate of drug-likeness (QED) is 0.907. The van der Waals surface area contributed by atoms with Gasteiger partial charge in [0.2, 0.25) is 0 Å². The summed E-state index contributed by atoms with van der Waals surface area (Å²) in [5.41, 5.74) is 1.34. The minimum atomic E-state index is -0.819. The second kappa shape index (κ2) is 5.89. The number of nitrogens with one attached hydrogen (secondary N) is 1. The Labute approximate surface area is 111 Å². The molecule has 4 heteroatoms. The van der Waals surface area contributed by atoms with Crippen LogP contribution in [0.1, 0.15) is 37.1 Å². The highest BCUT2D eigenvalue weighted by molar-refractivity contribution is 5.23. The van der Waals surface area contributed by atoms with E-state index in [1.54, 1.807) is 18.5 Å². The third kappa shape index (κ3) is 3.15. The number of halogens is 2. The minimum absolute atomic E-state index is 0.00590. The molecule has 2 atom stereocenters. The van der Waals surface area contributed by atoms with Gasteiger partial charge in [0, 0.05) is 30.0 Å². The second-order valence-corrected chi connectivity index (χ2v) is 4.54. The Morgan fingerprint density at radius 3 is 2.53 bits per heavy atom. The van der Waals surface area contributed by atoms with Crippen LogP contribution in [0.4, 0.5) is 8.78 Å². The van der Waals surface area contributed by atoms with Gasteiger partial charge in [-0.25, -0.2) is 8.78 Å². The summed E-state index contributed by atoms with van der Waals surface area (Å²) in [5, 5.41) is 3.23. The van der Waals surface area contributed by atoms with Crippen molar-refractivity contribution in [1.29, 1.82) is 0 Å². The maximum absolute atomic E-state index is 13.7. The number of pyridine rings is 1. The molecule has 0 aliphatic carbocycles. The van der Waals surface area contributed by atoms with Crippen molar-refractivity contribution in [2.45, 2.75) is 25.9 Å². The first-order valence-electron chi connectivity index (χ1n) is 6.19. The highest BCUT2D eigenvalue weighted by Crippen LogP contribution is 2.22. The molecule has 0 aliphatic heterocycles. The smallest absolute Gasteiger partial charge is 0.163 e. The van der Waals surface area contributed by atoms with Crippen LogP contribution >= 0.6 is 0 Å². The van der Waals surface area contributed by atoms with Crippen molar-refractivity contribution in [2.75, 3.05) is 0 Å². The largest absolute Gasteiger partial charge is 0.303 e. The summed E-state index contributed by atoms with van der Waals surface area (Å²) < 4.78 is 26.9. The summed E-state index contributed by atoms with van der Waals surface area (Å²) in [6.45, 7) is 3.77. The molecule has 1 aromatic carbocycles. The van der Waals surface area contributed by atoms with E-state index in [1.807, 2.05) is 26.0 Å². The summed E-state index contributed by atoms with van der Waals surface area (Å²) >= 11 is 0. The first kappa shape index (κ1) is 13.6. The average Bonchev–Trinajstić information content (AvgIpc) is 2.42. The molecule has 2 rings (SSSR count). The molecule has 0 fully saturated rings. The van der Waals surface area contributed by atoms with Crippen molar-refractivity contribution in [2.24, 2.45) is 0 Å². The van der Waals surface area contributed by atoms with E-state index in [9.17, 15) is 8.78 Å². The molecule has 0 spiro atoms. The fourth-order valence-corrected chi connectivity index (χ4v) is 2.05. The van der Waals surface area contributed by atoms with Crippen LogP contribution < -0.4 is 5.32 Å². The standard InChI is InChI=1S/C15H16F2N2/c1-10(12-5-4-8-18-9-12)19-11(2)13-6-3-7-14(16)15(13)17/h3-11,19H,1-2H3. The fourth-order valence-electron chi connectivity index (χ4n) is 2.05. The Morgan fingerprint density at radius 2 is 1.84 bits per heavy atom. The van der Waals surface area contributed by atoms with Crippen LogP contribution in [0.15, 0.2) is 42.7 Å². The normalized spacial score (nSPS) is 14.1. The molecule has 100 valence electrons. The lowest BCUT2D eigenvalue weighted by Gasteiger charge is -2.21. The van der Waals surface area contributed by atoms with Gasteiger partial charge in [0.05, 0.1) is 0 Å². The molecule has 0 saturated heterocycles. The number of nitrogens with zero attached hydrogens (tertiary/aromatic N) is 1. The summed E-state index contributed by atoms with van der Waals surface area (Å²) in [6.07, 6.45) is 3.46. The van der Waals surface area contributed by atoms with E-state index in [0.717, 1.165) is 11.6 Å². The van der Waals surface area contributed by atoms with Crippen molar-refractivity contribution in [1.82, 2.24) is 10.3 Å². The molecule has 0 bridgehead atoms. The van der Waals surface area contributed by atoms with Crippen LogP contribution in [0.5, 0.6) is 0 Å². The van der Waals surface area contributed by atoms with Gasteiger partial charge < -0.3 is 5.32 Å². The van der Waals surface area contributed by atoms with Crippen molar-refractivity contribution in [3.63, 3.8) is 0 Å². The summed E-state index contributed by atoms with van der Waals surface area (Å²) in [5.74, 6) is -1.61. The van der Waals surface area contributed by atoms with Crippen LogP contribution in [0, 0.1) is 11.6 Å². The SMILES string of the molecule is CC(NC(C)c1cccc(F)c1F)c1cccnc1. The molecule has 2 unspecified atom stereocenters.